The van der Waals surface area contributed by atoms with Crippen LogP contribution in [0.5, 0.6) is 5.75 Å². The van der Waals surface area contributed by atoms with Crippen molar-refractivity contribution in [2.45, 2.75) is 57.6 Å². The number of phenolic OH excluding ortho intramolecular Hbond substituents is 1. The molecule has 1 saturated heterocycles. The van der Waals surface area contributed by atoms with E-state index in [4.69, 9.17) is 9.47 Å². The lowest BCUT2D eigenvalue weighted by molar-refractivity contribution is -0.148. The van der Waals surface area contributed by atoms with E-state index in [9.17, 15) is 14.7 Å². The van der Waals surface area contributed by atoms with E-state index >= 15 is 0 Å². The standard InChI is InChI=1S/C19H27NO5S/c1-5-24-17(22)14-12-26-16(20(14)18(23)25-19(2,3)4)11-10-13-8-6-7-9-15(13)21/h6-9,14,16,21H,5,10-12H2,1-4H3. The zero-order valence-electron chi connectivity index (χ0n) is 15.7. The van der Waals surface area contributed by atoms with E-state index in [0.717, 1.165) is 5.56 Å². The van der Waals surface area contributed by atoms with E-state index in [1.807, 2.05) is 12.1 Å². The van der Waals surface area contributed by atoms with Gasteiger partial charge in [-0.2, -0.15) is 0 Å². The maximum absolute atomic E-state index is 12.7. The fraction of sp³-hybridized carbons (Fsp3) is 0.579. The first-order valence-corrected chi connectivity index (χ1v) is 9.84. The van der Waals surface area contributed by atoms with Crippen LogP contribution in [-0.2, 0) is 20.7 Å². The molecule has 1 amide bonds. The third-order valence-corrected chi connectivity index (χ3v) is 5.26. The summed E-state index contributed by atoms with van der Waals surface area (Å²) in [4.78, 5) is 26.5. The number of carbonyl (C=O) groups is 2. The summed E-state index contributed by atoms with van der Waals surface area (Å²) in [5.74, 6) is 0.306. The lowest BCUT2D eigenvalue weighted by atomic mass is 10.1. The Labute approximate surface area is 158 Å². The number of ether oxygens (including phenoxy) is 2. The molecule has 144 valence electrons. The van der Waals surface area contributed by atoms with Crippen molar-refractivity contribution in [1.29, 1.82) is 0 Å². The average Bonchev–Trinajstić information content (AvgIpc) is 2.97. The van der Waals surface area contributed by atoms with Gasteiger partial charge in [0.1, 0.15) is 17.4 Å². The maximum atomic E-state index is 12.7. The van der Waals surface area contributed by atoms with Crippen LogP contribution in [-0.4, -0.2) is 51.4 Å². The minimum atomic E-state index is -0.649. The largest absolute Gasteiger partial charge is 0.508 e. The molecule has 1 fully saturated rings. The molecule has 1 aromatic rings. The molecule has 0 spiro atoms. The molecule has 1 heterocycles. The molecule has 7 heteroatoms. The van der Waals surface area contributed by atoms with Crippen molar-refractivity contribution < 1.29 is 24.2 Å². The third-order valence-electron chi connectivity index (χ3n) is 3.91. The lowest BCUT2D eigenvalue weighted by Gasteiger charge is -2.31. The van der Waals surface area contributed by atoms with E-state index in [0.29, 0.717) is 18.6 Å². The molecular formula is C19H27NO5S. The smallest absolute Gasteiger partial charge is 0.411 e. The number of amides is 1. The molecule has 0 aliphatic carbocycles. The van der Waals surface area contributed by atoms with Crippen molar-refractivity contribution in [2.24, 2.45) is 0 Å². The van der Waals surface area contributed by atoms with E-state index in [-0.39, 0.29) is 17.7 Å². The zero-order chi connectivity index (χ0) is 19.3. The molecule has 0 radical (unpaired) electrons. The summed E-state index contributed by atoms with van der Waals surface area (Å²) in [6.07, 6.45) is 0.694. The second kappa shape index (κ2) is 8.66. The molecule has 1 aliphatic rings. The Morgan fingerprint density at radius 2 is 2.00 bits per heavy atom. The first kappa shape index (κ1) is 20.4. The van der Waals surface area contributed by atoms with Gasteiger partial charge in [-0.25, -0.2) is 9.59 Å². The van der Waals surface area contributed by atoms with Crippen LogP contribution in [0.4, 0.5) is 4.79 Å². The number of hydrogen-bond donors (Lipinski definition) is 1. The zero-order valence-corrected chi connectivity index (χ0v) is 16.5. The van der Waals surface area contributed by atoms with E-state index in [2.05, 4.69) is 0 Å². The lowest BCUT2D eigenvalue weighted by Crippen LogP contribution is -2.48. The van der Waals surface area contributed by atoms with Gasteiger partial charge in [0, 0.05) is 5.75 Å². The van der Waals surface area contributed by atoms with Gasteiger partial charge in [0.05, 0.1) is 12.0 Å². The topological polar surface area (TPSA) is 76.1 Å². The quantitative estimate of drug-likeness (QED) is 0.786. The van der Waals surface area contributed by atoms with Gasteiger partial charge in [-0.1, -0.05) is 18.2 Å². The molecule has 0 bridgehead atoms. The van der Waals surface area contributed by atoms with Crippen molar-refractivity contribution >= 4 is 23.8 Å². The summed E-state index contributed by atoms with van der Waals surface area (Å²) in [6.45, 7) is 7.40. The van der Waals surface area contributed by atoms with Crippen LogP contribution >= 0.6 is 11.8 Å². The summed E-state index contributed by atoms with van der Waals surface area (Å²) < 4.78 is 10.6. The summed E-state index contributed by atoms with van der Waals surface area (Å²) >= 11 is 1.53. The minimum absolute atomic E-state index is 0.209. The Kier molecular flexibility index (Phi) is 6.81. The molecule has 2 rings (SSSR count). The van der Waals surface area contributed by atoms with Gasteiger partial charge in [0.15, 0.2) is 0 Å². The number of thioether (sulfide) groups is 1. The number of para-hydroxylation sites is 1. The number of rotatable bonds is 5. The number of benzene rings is 1. The fourth-order valence-corrected chi connectivity index (χ4v) is 4.15. The van der Waals surface area contributed by atoms with Crippen LogP contribution in [0.25, 0.3) is 0 Å². The van der Waals surface area contributed by atoms with E-state index in [1.165, 1.54) is 16.7 Å². The molecule has 6 nitrogen and oxygen atoms in total. The Hall–Kier alpha value is -1.89. The average molecular weight is 381 g/mol. The van der Waals surface area contributed by atoms with Gasteiger partial charge >= 0.3 is 12.1 Å². The van der Waals surface area contributed by atoms with Crippen molar-refractivity contribution in [3.63, 3.8) is 0 Å². The van der Waals surface area contributed by atoms with Crippen molar-refractivity contribution in [3.8, 4) is 5.75 Å². The van der Waals surface area contributed by atoms with E-state index in [1.54, 1.807) is 39.8 Å². The molecule has 1 aliphatic heterocycles. The molecule has 1 aromatic carbocycles. The SMILES string of the molecule is CCOC(=O)C1CSC(CCc2ccccc2O)N1C(=O)OC(C)(C)C. The summed E-state index contributed by atoms with van der Waals surface area (Å²) in [6, 6.07) is 6.49. The maximum Gasteiger partial charge on any atom is 0.411 e. The van der Waals surface area contributed by atoms with Crippen molar-refractivity contribution in [3.05, 3.63) is 29.8 Å². The number of carbonyl (C=O) groups excluding carboxylic acids is 2. The van der Waals surface area contributed by atoms with Gasteiger partial charge in [0.2, 0.25) is 0 Å². The Morgan fingerprint density at radius 1 is 1.31 bits per heavy atom. The highest BCUT2D eigenvalue weighted by molar-refractivity contribution is 8.00. The molecule has 2 atom stereocenters. The van der Waals surface area contributed by atoms with Crippen LogP contribution in [0, 0.1) is 0 Å². The van der Waals surface area contributed by atoms with Gasteiger partial charge in [-0.3, -0.25) is 4.90 Å². The highest BCUT2D eigenvalue weighted by atomic mass is 32.2. The van der Waals surface area contributed by atoms with Crippen LogP contribution in [0.1, 0.15) is 39.7 Å². The van der Waals surface area contributed by atoms with Crippen LogP contribution in [0.15, 0.2) is 24.3 Å². The van der Waals surface area contributed by atoms with Gasteiger partial charge in [0.25, 0.3) is 0 Å². The Morgan fingerprint density at radius 3 is 2.62 bits per heavy atom. The second-order valence-corrected chi connectivity index (χ2v) is 8.32. The molecule has 2 unspecified atom stereocenters. The van der Waals surface area contributed by atoms with Crippen LogP contribution in [0.2, 0.25) is 0 Å². The number of nitrogens with zero attached hydrogens (tertiary/aromatic N) is 1. The van der Waals surface area contributed by atoms with Gasteiger partial charge < -0.3 is 14.6 Å². The predicted octanol–water partition coefficient (Wildman–Crippen LogP) is 3.57. The van der Waals surface area contributed by atoms with E-state index < -0.39 is 23.7 Å². The second-order valence-electron chi connectivity index (χ2n) is 7.11. The number of aromatic hydroxyl groups is 1. The highest BCUT2D eigenvalue weighted by Crippen LogP contribution is 2.35. The third kappa shape index (κ3) is 5.30. The minimum Gasteiger partial charge on any atom is -0.508 e. The first-order valence-electron chi connectivity index (χ1n) is 8.79. The predicted molar refractivity (Wildman–Crippen MR) is 101 cm³/mol. The summed E-state index contributed by atoms with van der Waals surface area (Å²) in [5.41, 5.74) is 0.169. The molecule has 0 saturated carbocycles. The fourth-order valence-electron chi connectivity index (χ4n) is 2.77. The monoisotopic (exact) mass is 381 g/mol. The molecule has 26 heavy (non-hydrogen) atoms. The number of aryl methyl sites for hydroxylation is 1. The number of esters is 1. The first-order chi connectivity index (χ1) is 12.2. The molecular weight excluding hydrogens is 354 g/mol. The number of hydrogen-bond acceptors (Lipinski definition) is 6. The summed E-state index contributed by atoms with van der Waals surface area (Å²) in [5, 5.41) is 9.73. The molecule has 0 aromatic heterocycles. The Balaban J connectivity index is 2.13. The normalized spacial score (nSPS) is 20.1. The highest BCUT2D eigenvalue weighted by Gasteiger charge is 2.44. The van der Waals surface area contributed by atoms with Crippen molar-refractivity contribution in [2.75, 3.05) is 12.4 Å². The van der Waals surface area contributed by atoms with Crippen LogP contribution in [0.3, 0.4) is 0 Å². The van der Waals surface area contributed by atoms with Gasteiger partial charge in [-0.05, 0) is 52.2 Å². The van der Waals surface area contributed by atoms with Crippen molar-refractivity contribution in [1.82, 2.24) is 4.90 Å². The number of phenols is 1. The molecule has 1 N–H and O–H groups in total. The van der Waals surface area contributed by atoms with Gasteiger partial charge in [-0.15, -0.1) is 11.8 Å². The Bertz CT molecular complexity index is 643. The summed E-state index contributed by atoms with van der Waals surface area (Å²) in [7, 11) is 0. The van der Waals surface area contributed by atoms with Crippen LogP contribution < -0.4 is 0 Å².